The first-order chi connectivity index (χ1) is 8.13. The van der Waals surface area contributed by atoms with Crippen LogP contribution in [0.2, 0.25) is 5.02 Å². The summed E-state index contributed by atoms with van der Waals surface area (Å²) in [6.45, 7) is 0. The van der Waals surface area contributed by atoms with Gasteiger partial charge in [-0.2, -0.15) is 5.10 Å². The predicted molar refractivity (Wildman–Crippen MR) is 66.8 cm³/mol. The van der Waals surface area contributed by atoms with E-state index in [0.29, 0.717) is 10.6 Å². The molecular weight excluding hydrogens is 242 g/mol. The molecule has 1 rings (SSSR count). The molecule has 0 aromatic heterocycles. The predicted octanol–water partition coefficient (Wildman–Crippen LogP) is 0.0535. The molecule has 0 unspecified atom stereocenters. The van der Waals surface area contributed by atoms with E-state index in [1.165, 1.54) is 12.3 Å². The second kappa shape index (κ2) is 6.51. The van der Waals surface area contributed by atoms with Gasteiger partial charge in [-0.05, 0) is 12.1 Å². The minimum atomic E-state index is -0.450. The minimum absolute atomic E-state index is 0.255. The highest BCUT2D eigenvalue weighted by Crippen LogP contribution is 2.09. The molecule has 1 aromatic carbocycles. The smallest absolute Gasteiger partial charge is 0.259 e. The Hall–Kier alpha value is -2.05. The van der Waals surface area contributed by atoms with E-state index in [4.69, 9.17) is 23.2 Å². The third-order valence-corrected chi connectivity index (χ3v) is 1.99. The number of amides is 1. The lowest BCUT2D eigenvalue weighted by atomic mass is 10.2. The number of nitrogens with one attached hydrogen (secondary N) is 2. The van der Waals surface area contributed by atoms with Crippen LogP contribution in [0.4, 0.5) is 0 Å². The zero-order chi connectivity index (χ0) is 12.7. The van der Waals surface area contributed by atoms with E-state index < -0.39 is 5.91 Å². The maximum Gasteiger partial charge on any atom is 0.259 e. The minimum Gasteiger partial charge on any atom is -0.382 e. The largest absolute Gasteiger partial charge is 0.382 e. The van der Waals surface area contributed by atoms with Gasteiger partial charge in [-0.25, -0.2) is 5.84 Å². The number of amidine groups is 1. The second-order valence-electron chi connectivity index (χ2n) is 2.98. The molecule has 6 nitrogen and oxygen atoms in total. The van der Waals surface area contributed by atoms with Crippen molar-refractivity contribution in [1.82, 2.24) is 10.9 Å². The zero-order valence-corrected chi connectivity index (χ0v) is 9.61. The van der Waals surface area contributed by atoms with Gasteiger partial charge < -0.3 is 5.73 Å². The van der Waals surface area contributed by atoms with E-state index in [9.17, 15) is 4.79 Å². The molecular formula is C10H12ClN5O. The van der Waals surface area contributed by atoms with E-state index >= 15 is 0 Å². The Labute approximate surface area is 103 Å². The van der Waals surface area contributed by atoms with Crippen molar-refractivity contribution in [2.24, 2.45) is 16.7 Å². The second-order valence-corrected chi connectivity index (χ2v) is 3.41. The van der Waals surface area contributed by atoms with Crippen LogP contribution in [0.25, 0.3) is 0 Å². The first kappa shape index (κ1) is 13.0. The lowest BCUT2D eigenvalue weighted by Gasteiger charge is -2.00. The lowest BCUT2D eigenvalue weighted by Crippen LogP contribution is -2.28. The third-order valence-electron chi connectivity index (χ3n) is 1.76. The molecule has 6 N–H and O–H groups in total. The summed E-state index contributed by atoms with van der Waals surface area (Å²) in [6.07, 6.45) is 2.48. The van der Waals surface area contributed by atoms with Gasteiger partial charge in [0.05, 0.1) is 0 Å². The molecule has 1 aromatic rings. The van der Waals surface area contributed by atoms with Gasteiger partial charge in [-0.3, -0.25) is 15.6 Å². The van der Waals surface area contributed by atoms with Crippen LogP contribution < -0.4 is 22.4 Å². The van der Waals surface area contributed by atoms with Crippen molar-refractivity contribution < 1.29 is 4.79 Å². The molecule has 0 heterocycles. The Bertz CT molecular complexity index is 458. The van der Waals surface area contributed by atoms with Crippen LogP contribution in [0.5, 0.6) is 0 Å². The average molecular weight is 254 g/mol. The Kier molecular flexibility index (Phi) is 4.99. The van der Waals surface area contributed by atoms with Gasteiger partial charge in [0.15, 0.2) is 5.84 Å². The summed E-state index contributed by atoms with van der Waals surface area (Å²) in [6, 6.07) is 6.94. The van der Waals surface area contributed by atoms with E-state index in [0.717, 1.165) is 0 Å². The number of hydrogen-bond donors (Lipinski definition) is 4. The molecule has 0 aliphatic rings. The molecule has 7 heteroatoms. The Balaban J connectivity index is 2.61. The number of carbonyl (C=O) groups excluding carboxylic acids is 1. The fourth-order valence-electron chi connectivity index (χ4n) is 0.980. The van der Waals surface area contributed by atoms with Crippen molar-refractivity contribution in [1.29, 1.82) is 0 Å². The molecule has 0 aliphatic heterocycles. The van der Waals surface area contributed by atoms with Gasteiger partial charge in [0.1, 0.15) is 0 Å². The Morgan fingerprint density at radius 3 is 2.88 bits per heavy atom. The van der Waals surface area contributed by atoms with Crippen LogP contribution >= 0.6 is 11.6 Å². The van der Waals surface area contributed by atoms with Crippen LogP contribution in [0.1, 0.15) is 5.56 Å². The van der Waals surface area contributed by atoms with Crippen molar-refractivity contribution in [2.45, 2.75) is 0 Å². The molecule has 0 aliphatic carbocycles. The molecule has 0 spiro atoms. The topological polar surface area (TPSA) is 106 Å². The number of benzene rings is 1. The molecule has 90 valence electrons. The summed E-state index contributed by atoms with van der Waals surface area (Å²) < 4.78 is 0. The highest BCUT2D eigenvalue weighted by Gasteiger charge is 1.97. The summed E-state index contributed by atoms with van der Waals surface area (Å²) in [7, 11) is 0. The summed E-state index contributed by atoms with van der Waals surface area (Å²) >= 11 is 5.80. The van der Waals surface area contributed by atoms with Crippen molar-refractivity contribution in [3.8, 4) is 0 Å². The summed E-state index contributed by atoms with van der Waals surface area (Å²) in [5, 5.41) is 4.39. The number of halogens is 1. The van der Waals surface area contributed by atoms with Gasteiger partial charge >= 0.3 is 0 Å². The number of nitrogens with two attached hydrogens (primary N) is 2. The summed E-state index contributed by atoms with van der Waals surface area (Å²) in [5.74, 6) is 4.67. The number of hydrazine groups is 1. The quantitative estimate of drug-likeness (QED) is 0.152. The third kappa shape index (κ3) is 4.54. The first-order valence-corrected chi connectivity index (χ1v) is 5.03. The maximum atomic E-state index is 10.7. The monoisotopic (exact) mass is 253 g/mol. The van der Waals surface area contributed by atoms with Gasteiger partial charge in [-0.1, -0.05) is 23.7 Å². The molecule has 0 fully saturated rings. The highest BCUT2D eigenvalue weighted by molar-refractivity contribution is 6.31. The Morgan fingerprint density at radius 2 is 2.24 bits per heavy atom. The molecule has 0 bridgehead atoms. The number of carbonyl (C=O) groups is 1. The van der Waals surface area contributed by atoms with Gasteiger partial charge in [0, 0.05) is 22.9 Å². The molecule has 0 saturated carbocycles. The van der Waals surface area contributed by atoms with Crippen LogP contribution in [-0.4, -0.2) is 11.7 Å². The fraction of sp³-hybridized carbons (Fsp3) is 0. The van der Waals surface area contributed by atoms with Gasteiger partial charge in [-0.15, -0.1) is 0 Å². The Morgan fingerprint density at radius 1 is 1.47 bits per heavy atom. The number of hydrazone groups is 1. The maximum absolute atomic E-state index is 10.7. The van der Waals surface area contributed by atoms with Gasteiger partial charge in [0.25, 0.3) is 5.91 Å². The number of rotatable bonds is 4. The van der Waals surface area contributed by atoms with Crippen molar-refractivity contribution in [2.75, 3.05) is 0 Å². The molecule has 0 radical (unpaired) electrons. The number of nitrogens with zero attached hydrogens (tertiary/aromatic N) is 1. The number of hydrogen-bond acceptors (Lipinski definition) is 4. The normalized spacial score (nSPS) is 11.5. The van der Waals surface area contributed by atoms with Crippen LogP contribution in [0, 0.1) is 0 Å². The molecule has 0 saturated heterocycles. The molecule has 17 heavy (non-hydrogen) atoms. The van der Waals surface area contributed by atoms with E-state index in [2.05, 4.69) is 10.5 Å². The molecule has 0 atom stereocenters. The zero-order valence-electron chi connectivity index (χ0n) is 8.85. The average Bonchev–Trinajstić information content (AvgIpc) is 2.34. The summed E-state index contributed by atoms with van der Waals surface area (Å²) in [5.41, 5.74) is 10.8. The standard InChI is InChI=1S/C10H12ClN5O/c11-8-3-1-2-7(6-8)10(12)16-14-5-4-9(17)15-13/h1-6,14H,13H2,(H2,12,16)(H,15,17)/b5-4-. The van der Waals surface area contributed by atoms with Crippen molar-refractivity contribution in [3.05, 3.63) is 47.1 Å². The SMILES string of the molecule is NNC(=O)/C=C\N/N=C(\N)c1cccc(Cl)c1. The van der Waals surface area contributed by atoms with E-state index in [1.807, 2.05) is 5.43 Å². The highest BCUT2D eigenvalue weighted by atomic mass is 35.5. The van der Waals surface area contributed by atoms with Gasteiger partial charge in [0.2, 0.25) is 0 Å². The van der Waals surface area contributed by atoms with Crippen molar-refractivity contribution in [3.63, 3.8) is 0 Å². The van der Waals surface area contributed by atoms with Crippen LogP contribution in [0.3, 0.4) is 0 Å². The molecule has 1 amide bonds. The van der Waals surface area contributed by atoms with E-state index in [-0.39, 0.29) is 5.84 Å². The van der Waals surface area contributed by atoms with Crippen LogP contribution in [-0.2, 0) is 4.79 Å². The summed E-state index contributed by atoms with van der Waals surface area (Å²) in [4.78, 5) is 10.7. The fourth-order valence-corrected chi connectivity index (χ4v) is 1.17. The van der Waals surface area contributed by atoms with Crippen LogP contribution in [0.15, 0.2) is 41.6 Å². The lowest BCUT2D eigenvalue weighted by molar-refractivity contribution is -0.116. The van der Waals surface area contributed by atoms with E-state index in [1.54, 1.807) is 24.3 Å². The first-order valence-electron chi connectivity index (χ1n) is 4.65. The van der Waals surface area contributed by atoms with Crippen molar-refractivity contribution >= 4 is 23.3 Å².